The molecule has 3 aromatic rings. The van der Waals surface area contributed by atoms with Gasteiger partial charge < -0.3 is 15.2 Å². The second kappa shape index (κ2) is 11.2. The molecule has 2 heterocycles. The molecule has 2 fully saturated rings. The van der Waals surface area contributed by atoms with E-state index in [2.05, 4.69) is 22.2 Å². The summed E-state index contributed by atoms with van der Waals surface area (Å²) in [7, 11) is 2.14. The third-order valence-corrected chi connectivity index (χ3v) is 7.56. The van der Waals surface area contributed by atoms with Gasteiger partial charge in [-0.3, -0.25) is 14.6 Å². The number of carboxylic acids is 1. The first-order valence-corrected chi connectivity index (χ1v) is 12.9. The highest BCUT2D eigenvalue weighted by Crippen LogP contribution is 2.37. The van der Waals surface area contributed by atoms with Crippen molar-refractivity contribution in [1.82, 2.24) is 9.80 Å². The lowest BCUT2D eigenvalue weighted by molar-refractivity contribution is -0.118. The highest BCUT2D eigenvalue weighted by atomic mass is 16.5. The van der Waals surface area contributed by atoms with E-state index in [1.807, 2.05) is 66.7 Å². The third-order valence-electron chi connectivity index (χ3n) is 7.56. The Kier molecular flexibility index (Phi) is 7.53. The first-order chi connectivity index (χ1) is 17.9. The van der Waals surface area contributed by atoms with Crippen LogP contribution in [0.4, 0.5) is 5.69 Å². The molecule has 5 rings (SSSR count). The number of fused-ring (bicyclic) bond motifs is 2. The number of carbonyl (C=O) groups is 2. The highest BCUT2D eigenvalue weighted by molar-refractivity contribution is 5.92. The topological polar surface area (TPSA) is 82.1 Å². The number of anilines is 1. The van der Waals surface area contributed by atoms with Crippen LogP contribution in [0.1, 0.15) is 41.6 Å². The number of nitrogens with zero attached hydrogens (tertiary/aromatic N) is 2. The predicted molar refractivity (Wildman–Crippen MR) is 143 cm³/mol. The Bertz CT molecular complexity index is 1200. The van der Waals surface area contributed by atoms with Crippen molar-refractivity contribution in [2.45, 2.75) is 50.4 Å². The fourth-order valence-electron chi connectivity index (χ4n) is 5.63. The number of hydrogen-bond donors (Lipinski definition) is 2. The van der Waals surface area contributed by atoms with Crippen molar-refractivity contribution in [3.05, 3.63) is 90.0 Å². The van der Waals surface area contributed by atoms with Crippen LogP contribution in [0, 0.1) is 0 Å². The first kappa shape index (κ1) is 25.0. The molecule has 0 radical (unpaired) electrons. The van der Waals surface area contributed by atoms with Gasteiger partial charge in [0.2, 0.25) is 5.91 Å². The van der Waals surface area contributed by atoms with E-state index in [1.54, 1.807) is 12.1 Å². The summed E-state index contributed by atoms with van der Waals surface area (Å²) in [6, 6.07) is 25.5. The number of piperidine rings is 1. The summed E-state index contributed by atoms with van der Waals surface area (Å²) in [6.45, 7) is 1.19. The minimum atomic E-state index is -0.901. The summed E-state index contributed by atoms with van der Waals surface area (Å²) in [5, 5.41) is 12.1. The molecule has 7 heteroatoms. The molecule has 0 saturated carbocycles. The van der Waals surface area contributed by atoms with E-state index in [-0.39, 0.29) is 5.91 Å². The Hall–Kier alpha value is -3.68. The van der Waals surface area contributed by atoms with E-state index in [0.717, 1.165) is 55.0 Å². The van der Waals surface area contributed by atoms with Crippen molar-refractivity contribution >= 4 is 17.6 Å². The van der Waals surface area contributed by atoms with Crippen LogP contribution in [0.15, 0.2) is 78.9 Å². The Morgan fingerprint density at radius 2 is 1.54 bits per heavy atom. The van der Waals surface area contributed by atoms with Crippen LogP contribution in [0.3, 0.4) is 0 Å². The summed E-state index contributed by atoms with van der Waals surface area (Å²) in [4.78, 5) is 28.7. The molecule has 2 unspecified atom stereocenters. The van der Waals surface area contributed by atoms with Gasteiger partial charge in [0.1, 0.15) is 11.5 Å². The lowest BCUT2D eigenvalue weighted by Gasteiger charge is -2.42. The minimum absolute atomic E-state index is 0.0129. The van der Waals surface area contributed by atoms with Crippen LogP contribution in [0.2, 0.25) is 0 Å². The zero-order chi connectivity index (χ0) is 25.8. The van der Waals surface area contributed by atoms with Gasteiger partial charge in [-0.05, 0) is 86.8 Å². The van der Waals surface area contributed by atoms with Gasteiger partial charge in [-0.15, -0.1) is 0 Å². The summed E-state index contributed by atoms with van der Waals surface area (Å²) in [5.41, 5.74) is 2.19. The molecule has 7 nitrogen and oxygen atoms in total. The molecular weight excluding hydrogens is 466 g/mol. The number of aromatic carboxylic acids is 1. The van der Waals surface area contributed by atoms with E-state index in [4.69, 9.17) is 9.84 Å². The highest BCUT2D eigenvalue weighted by Gasteiger charge is 2.42. The smallest absolute Gasteiger partial charge is 0.335 e. The fraction of sp³-hybridized carbons (Fsp3) is 0.333. The van der Waals surface area contributed by atoms with Crippen LogP contribution >= 0.6 is 0 Å². The van der Waals surface area contributed by atoms with E-state index >= 15 is 0 Å². The molecule has 2 N–H and O–H groups in total. The maximum absolute atomic E-state index is 12.9. The van der Waals surface area contributed by atoms with Crippen molar-refractivity contribution in [2.24, 2.45) is 0 Å². The number of amides is 1. The van der Waals surface area contributed by atoms with Gasteiger partial charge in [0.05, 0.1) is 12.1 Å². The molecule has 2 atom stereocenters. The van der Waals surface area contributed by atoms with E-state index in [1.165, 1.54) is 0 Å². The van der Waals surface area contributed by atoms with Gasteiger partial charge in [-0.2, -0.15) is 0 Å². The van der Waals surface area contributed by atoms with Crippen molar-refractivity contribution < 1.29 is 19.4 Å². The molecule has 2 aliphatic rings. The fourth-order valence-corrected chi connectivity index (χ4v) is 5.63. The SMILES string of the molecule is CN(Cc1ccc(C(=O)O)cc1)C1CC2CCC(C1)N2CC(=O)Nc1ccc(Oc2ccccc2)cc1. The van der Waals surface area contributed by atoms with E-state index < -0.39 is 5.97 Å². The van der Waals surface area contributed by atoms with Gasteiger partial charge in [0.15, 0.2) is 0 Å². The normalized spacial score (nSPS) is 21.1. The number of carboxylic acid groups (broad SMARTS) is 1. The Morgan fingerprint density at radius 1 is 0.919 bits per heavy atom. The van der Waals surface area contributed by atoms with Crippen molar-refractivity contribution in [3.8, 4) is 11.5 Å². The Morgan fingerprint density at radius 3 is 2.16 bits per heavy atom. The van der Waals surface area contributed by atoms with E-state index in [0.29, 0.717) is 30.2 Å². The van der Waals surface area contributed by atoms with E-state index in [9.17, 15) is 9.59 Å². The number of benzene rings is 3. The number of rotatable bonds is 9. The summed E-state index contributed by atoms with van der Waals surface area (Å²) < 4.78 is 5.83. The molecule has 37 heavy (non-hydrogen) atoms. The number of hydrogen-bond acceptors (Lipinski definition) is 5. The molecule has 0 aromatic heterocycles. The molecule has 2 aliphatic heterocycles. The van der Waals surface area contributed by atoms with Gasteiger partial charge in [-0.25, -0.2) is 4.79 Å². The average Bonchev–Trinajstić information content (AvgIpc) is 3.11. The van der Waals surface area contributed by atoms with Crippen molar-refractivity contribution in [2.75, 3.05) is 18.9 Å². The summed E-state index contributed by atoms with van der Waals surface area (Å²) >= 11 is 0. The lowest BCUT2D eigenvalue weighted by atomic mass is 9.95. The maximum atomic E-state index is 12.9. The Labute approximate surface area is 217 Å². The molecule has 1 amide bonds. The lowest BCUT2D eigenvalue weighted by Crippen LogP contribution is -2.51. The second-order valence-corrected chi connectivity index (χ2v) is 10.1. The Balaban J connectivity index is 1.11. The molecule has 2 bridgehead atoms. The van der Waals surface area contributed by atoms with Gasteiger partial charge in [-0.1, -0.05) is 30.3 Å². The monoisotopic (exact) mass is 499 g/mol. The van der Waals surface area contributed by atoms with Crippen LogP contribution in [-0.4, -0.2) is 58.5 Å². The van der Waals surface area contributed by atoms with Crippen molar-refractivity contribution in [3.63, 3.8) is 0 Å². The molecule has 0 aliphatic carbocycles. The zero-order valence-corrected chi connectivity index (χ0v) is 21.0. The molecule has 2 saturated heterocycles. The first-order valence-electron chi connectivity index (χ1n) is 12.9. The summed E-state index contributed by atoms with van der Waals surface area (Å²) in [6.07, 6.45) is 4.33. The van der Waals surface area contributed by atoms with Crippen LogP contribution in [0.25, 0.3) is 0 Å². The predicted octanol–water partition coefficient (Wildman–Crippen LogP) is 5.24. The summed E-state index contributed by atoms with van der Waals surface area (Å²) in [5.74, 6) is 0.618. The van der Waals surface area contributed by atoms with Gasteiger partial charge >= 0.3 is 5.97 Å². The largest absolute Gasteiger partial charge is 0.478 e. The molecule has 0 spiro atoms. The maximum Gasteiger partial charge on any atom is 0.335 e. The molecule has 192 valence electrons. The minimum Gasteiger partial charge on any atom is -0.478 e. The standard InChI is InChI=1S/C30H33N3O4/c1-32(19-21-7-9-22(10-8-21)30(35)36)26-17-24-13-14-25(18-26)33(24)20-29(34)31-23-11-15-28(16-12-23)37-27-5-3-2-4-6-27/h2-12,15-16,24-26H,13-14,17-20H2,1H3,(H,31,34)(H,35,36). The number of ether oxygens (including phenoxy) is 1. The van der Waals surface area contributed by atoms with Crippen LogP contribution in [0.5, 0.6) is 11.5 Å². The second-order valence-electron chi connectivity index (χ2n) is 10.1. The number of para-hydroxylation sites is 1. The quantitative estimate of drug-likeness (QED) is 0.419. The van der Waals surface area contributed by atoms with Crippen LogP contribution in [-0.2, 0) is 11.3 Å². The van der Waals surface area contributed by atoms with Gasteiger partial charge in [0.25, 0.3) is 0 Å². The van der Waals surface area contributed by atoms with Crippen LogP contribution < -0.4 is 10.1 Å². The van der Waals surface area contributed by atoms with Gasteiger partial charge in [0, 0.05) is 30.4 Å². The third kappa shape index (κ3) is 6.18. The number of carbonyl (C=O) groups excluding carboxylic acids is 1. The number of nitrogens with one attached hydrogen (secondary N) is 1. The zero-order valence-electron chi connectivity index (χ0n) is 21.0. The van der Waals surface area contributed by atoms with Crippen molar-refractivity contribution in [1.29, 1.82) is 0 Å². The average molecular weight is 500 g/mol. The molecular formula is C30H33N3O4. The molecule has 3 aromatic carbocycles.